The number of aryl methyl sites for hydroxylation is 1. The summed E-state index contributed by atoms with van der Waals surface area (Å²) in [7, 11) is 1.29. The third kappa shape index (κ3) is 3.70. The Morgan fingerprint density at radius 3 is 2.70 bits per heavy atom. The van der Waals surface area contributed by atoms with Crippen LogP contribution in [0.1, 0.15) is 21.5 Å². The van der Waals surface area contributed by atoms with Gasteiger partial charge in [-0.25, -0.2) is 4.79 Å². The minimum atomic E-state index is -0.671. The van der Waals surface area contributed by atoms with Crippen LogP contribution in [0.5, 0.6) is 5.75 Å². The Labute approximate surface area is 132 Å². The number of ether oxygens (including phenoxy) is 1. The average Bonchev–Trinajstić information content (AvgIpc) is 2.54. The second-order valence-corrected chi connectivity index (χ2v) is 4.76. The number of carbonyl (C=O) groups is 1. The molecule has 0 aliphatic heterocycles. The molecule has 0 heterocycles. The largest absolute Gasteiger partial charge is 0.502 e. The first-order valence-corrected chi connectivity index (χ1v) is 6.63. The fourth-order valence-corrected chi connectivity index (χ4v) is 1.90. The molecule has 0 aliphatic rings. The molecule has 0 aromatic heterocycles. The molecule has 1 N–H and O–H groups in total. The number of aliphatic imine (C=N–C) groups is 1. The Kier molecular flexibility index (Phi) is 4.70. The van der Waals surface area contributed by atoms with Crippen molar-refractivity contribution in [3.8, 4) is 5.75 Å². The van der Waals surface area contributed by atoms with Crippen molar-refractivity contribution in [2.45, 2.75) is 6.92 Å². The summed E-state index contributed by atoms with van der Waals surface area (Å²) in [6.45, 7) is 1.83. The maximum atomic E-state index is 11.5. The third-order valence-electron chi connectivity index (χ3n) is 3.18. The molecule has 0 aliphatic carbocycles. The summed E-state index contributed by atoms with van der Waals surface area (Å²) in [6, 6.07) is 8.90. The number of nitro groups is 1. The monoisotopic (exact) mass is 314 g/mol. The number of esters is 1. The van der Waals surface area contributed by atoms with E-state index in [0.29, 0.717) is 16.8 Å². The van der Waals surface area contributed by atoms with Crippen LogP contribution < -0.4 is 0 Å². The van der Waals surface area contributed by atoms with Crippen molar-refractivity contribution in [3.63, 3.8) is 0 Å². The van der Waals surface area contributed by atoms with Gasteiger partial charge in [0.25, 0.3) is 0 Å². The molecule has 7 heteroatoms. The molecule has 0 spiro atoms. The predicted molar refractivity (Wildman–Crippen MR) is 84.5 cm³/mol. The Bertz CT molecular complexity index is 799. The predicted octanol–water partition coefficient (Wildman–Crippen LogP) is 3.15. The number of hydrogen-bond donors (Lipinski definition) is 1. The zero-order chi connectivity index (χ0) is 17.0. The van der Waals surface area contributed by atoms with Crippen molar-refractivity contribution < 1.29 is 19.6 Å². The Hall–Kier alpha value is -3.22. The number of carbonyl (C=O) groups excluding carboxylic acids is 1. The van der Waals surface area contributed by atoms with Gasteiger partial charge in [0.05, 0.1) is 23.3 Å². The van der Waals surface area contributed by atoms with Gasteiger partial charge in [0.15, 0.2) is 5.75 Å². The summed E-state index contributed by atoms with van der Waals surface area (Å²) in [5.41, 5.74) is 1.80. The van der Waals surface area contributed by atoms with Crippen LogP contribution in [0.25, 0.3) is 0 Å². The Morgan fingerprint density at radius 1 is 1.30 bits per heavy atom. The topological polar surface area (TPSA) is 102 Å². The van der Waals surface area contributed by atoms with Crippen LogP contribution in [-0.4, -0.2) is 29.3 Å². The molecule has 0 unspecified atom stereocenters. The molecule has 0 bridgehead atoms. The van der Waals surface area contributed by atoms with Gasteiger partial charge in [-0.2, -0.15) is 0 Å². The lowest BCUT2D eigenvalue weighted by atomic mass is 10.1. The van der Waals surface area contributed by atoms with Gasteiger partial charge >= 0.3 is 11.7 Å². The van der Waals surface area contributed by atoms with Crippen LogP contribution in [0.3, 0.4) is 0 Å². The molecule has 2 aromatic carbocycles. The van der Waals surface area contributed by atoms with E-state index in [0.717, 1.165) is 5.56 Å². The van der Waals surface area contributed by atoms with Gasteiger partial charge in [0.1, 0.15) is 0 Å². The number of phenolic OH excluding ortho intramolecular Hbond substituents is 1. The number of hydrogen-bond acceptors (Lipinski definition) is 6. The first kappa shape index (κ1) is 16.2. The van der Waals surface area contributed by atoms with E-state index in [1.54, 1.807) is 18.2 Å². The van der Waals surface area contributed by atoms with Crippen molar-refractivity contribution >= 4 is 23.6 Å². The highest BCUT2D eigenvalue weighted by atomic mass is 16.6. The molecule has 0 saturated heterocycles. The maximum absolute atomic E-state index is 11.5. The first-order valence-electron chi connectivity index (χ1n) is 6.63. The van der Waals surface area contributed by atoms with Crippen LogP contribution in [0, 0.1) is 17.0 Å². The molecule has 0 radical (unpaired) electrons. The van der Waals surface area contributed by atoms with E-state index < -0.39 is 22.3 Å². The van der Waals surface area contributed by atoms with E-state index in [-0.39, 0.29) is 0 Å². The van der Waals surface area contributed by atoms with Crippen molar-refractivity contribution in [1.29, 1.82) is 0 Å². The van der Waals surface area contributed by atoms with Crippen LogP contribution in [0.2, 0.25) is 0 Å². The molecule has 118 valence electrons. The van der Waals surface area contributed by atoms with Crippen LogP contribution in [-0.2, 0) is 4.74 Å². The quantitative estimate of drug-likeness (QED) is 0.404. The maximum Gasteiger partial charge on any atom is 0.337 e. The van der Waals surface area contributed by atoms with Gasteiger partial charge in [-0.1, -0.05) is 6.07 Å². The van der Waals surface area contributed by atoms with Crippen molar-refractivity contribution in [2.75, 3.05) is 7.11 Å². The summed E-state index contributed by atoms with van der Waals surface area (Å²) in [6.07, 6.45) is 1.43. The van der Waals surface area contributed by atoms with Crippen LogP contribution in [0.15, 0.2) is 41.4 Å². The number of methoxy groups -OCH3 is 1. The van der Waals surface area contributed by atoms with Crippen LogP contribution in [0.4, 0.5) is 11.4 Å². The van der Waals surface area contributed by atoms with Crippen molar-refractivity contribution in [2.24, 2.45) is 4.99 Å². The van der Waals surface area contributed by atoms with E-state index in [1.807, 2.05) is 6.92 Å². The summed E-state index contributed by atoms with van der Waals surface area (Å²) < 4.78 is 4.66. The molecule has 2 aromatic rings. The second-order valence-electron chi connectivity index (χ2n) is 4.76. The fraction of sp³-hybridized carbons (Fsp3) is 0.125. The molecule has 0 atom stereocenters. The molecule has 0 saturated carbocycles. The standard InChI is InChI=1S/C16H14N2O5/c1-10-3-5-12(16(20)23-2)8-13(10)17-9-11-4-6-15(19)14(7-11)18(21)22/h3-9,19H,1-2H3. The molecule has 7 nitrogen and oxygen atoms in total. The summed E-state index contributed by atoms with van der Waals surface area (Å²) in [4.78, 5) is 25.9. The lowest BCUT2D eigenvalue weighted by Crippen LogP contribution is -2.00. The lowest BCUT2D eigenvalue weighted by molar-refractivity contribution is -0.385. The van der Waals surface area contributed by atoms with Crippen molar-refractivity contribution in [1.82, 2.24) is 0 Å². The highest BCUT2D eigenvalue weighted by molar-refractivity contribution is 5.91. The zero-order valence-electron chi connectivity index (χ0n) is 12.5. The normalized spacial score (nSPS) is 10.7. The SMILES string of the molecule is COC(=O)c1ccc(C)c(N=Cc2ccc(O)c([N+](=O)[O-])c2)c1. The van der Waals surface area contributed by atoms with E-state index in [2.05, 4.69) is 9.73 Å². The molecule has 2 rings (SSSR count). The van der Waals surface area contributed by atoms with Gasteiger partial charge in [-0.3, -0.25) is 15.1 Å². The van der Waals surface area contributed by atoms with E-state index in [4.69, 9.17) is 0 Å². The minimum Gasteiger partial charge on any atom is -0.502 e. The molecule has 0 amide bonds. The highest BCUT2D eigenvalue weighted by Crippen LogP contribution is 2.26. The number of phenols is 1. The average molecular weight is 314 g/mol. The van der Waals surface area contributed by atoms with Gasteiger partial charge in [0, 0.05) is 12.3 Å². The number of nitro benzene ring substituents is 1. The lowest BCUT2D eigenvalue weighted by Gasteiger charge is -2.04. The smallest absolute Gasteiger partial charge is 0.337 e. The van der Waals surface area contributed by atoms with Gasteiger partial charge in [-0.15, -0.1) is 0 Å². The fourth-order valence-electron chi connectivity index (χ4n) is 1.90. The van der Waals surface area contributed by atoms with Gasteiger partial charge < -0.3 is 9.84 Å². The van der Waals surface area contributed by atoms with E-state index in [9.17, 15) is 20.0 Å². The number of aromatic hydroxyl groups is 1. The van der Waals surface area contributed by atoms with E-state index in [1.165, 1.54) is 31.5 Å². The van der Waals surface area contributed by atoms with Gasteiger partial charge in [0.2, 0.25) is 0 Å². The second kappa shape index (κ2) is 6.69. The molecular formula is C16H14N2O5. The molecule has 23 heavy (non-hydrogen) atoms. The van der Waals surface area contributed by atoms with Crippen molar-refractivity contribution in [3.05, 3.63) is 63.2 Å². The summed E-state index contributed by atoms with van der Waals surface area (Å²) in [5, 5.41) is 20.2. The zero-order valence-corrected chi connectivity index (χ0v) is 12.5. The molecular weight excluding hydrogens is 300 g/mol. The highest BCUT2D eigenvalue weighted by Gasteiger charge is 2.13. The number of benzene rings is 2. The summed E-state index contributed by atoms with van der Waals surface area (Å²) in [5.74, 6) is -0.877. The number of nitrogens with zero attached hydrogens (tertiary/aromatic N) is 2. The van der Waals surface area contributed by atoms with Crippen LogP contribution >= 0.6 is 0 Å². The first-order chi connectivity index (χ1) is 10.9. The number of rotatable bonds is 4. The Balaban J connectivity index is 2.35. The minimum absolute atomic E-state index is 0.363. The summed E-state index contributed by atoms with van der Waals surface area (Å²) >= 11 is 0. The van der Waals surface area contributed by atoms with Gasteiger partial charge in [-0.05, 0) is 42.3 Å². The molecule has 0 fully saturated rings. The van der Waals surface area contributed by atoms with E-state index >= 15 is 0 Å². The Morgan fingerprint density at radius 2 is 2.04 bits per heavy atom. The third-order valence-corrected chi connectivity index (χ3v) is 3.18.